The summed E-state index contributed by atoms with van der Waals surface area (Å²) in [5, 5.41) is 19.9. The van der Waals surface area contributed by atoms with Crippen LogP contribution in [-0.2, 0) is 14.9 Å². The van der Waals surface area contributed by atoms with Crippen LogP contribution in [0.4, 0.5) is 4.39 Å². The number of nitriles is 1. The summed E-state index contributed by atoms with van der Waals surface area (Å²) in [7, 11) is 0. The molecule has 1 aliphatic rings. The van der Waals surface area contributed by atoms with E-state index in [4.69, 9.17) is 4.74 Å². The molecule has 30 heavy (non-hydrogen) atoms. The van der Waals surface area contributed by atoms with Crippen molar-refractivity contribution in [2.45, 2.75) is 31.1 Å². The number of aromatic amines is 1. The molecule has 1 fully saturated rings. The maximum Gasteiger partial charge on any atom is 0.317 e. The van der Waals surface area contributed by atoms with E-state index in [0.717, 1.165) is 18.4 Å². The van der Waals surface area contributed by atoms with Crippen molar-refractivity contribution in [1.29, 1.82) is 5.26 Å². The number of aliphatic hydroxyl groups excluding tert-OH is 1. The molecule has 2 aromatic carbocycles. The van der Waals surface area contributed by atoms with Gasteiger partial charge >= 0.3 is 5.97 Å². The van der Waals surface area contributed by atoms with Gasteiger partial charge in [-0.15, -0.1) is 0 Å². The summed E-state index contributed by atoms with van der Waals surface area (Å²) < 4.78 is 19.2. The van der Waals surface area contributed by atoms with E-state index in [1.807, 2.05) is 18.2 Å². The highest BCUT2D eigenvalue weighted by Crippen LogP contribution is 2.42. The SMILES string of the molecule is N#C/C(=C(/O)COC(=O)C1(c2cccc(F)c2)CCCC1)c1nc2ccccc2[nH]1. The zero-order valence-electron chi connectivity index (χ0n) is 16.2. The third-order valence-corrected chi connectivity index (χ3v) is 5.59. The van der Waals surface area contributed by atoms with Gasteiger partial charge in [0.05, 0.1) is 16.4 Å². The molecular formula is C23H20FN3O3. The van der Waals surface area contributed by atoms with Gasteiger partial charge in [0.15, 0.2) is 11.6 Å². The first-order valence-electron chi connectivity index (χ1n) is 9.74. The second-order valence-electron chi connectivity index (χ2n) is 7.41. The van der Waals surface area contributed by atoms with E-state index in [0.29, 0.717) is 23.9 Å². The first-order valence-corrected chi connectivity index (χ1v) is 9.74. The van der Waals surface area contributed by atoms with Gasteiger partial charge < -0.3 is 14.8 Å². The van der Waals surface area contributed by atoms with Crippen LogP contribution < -0.4 is 0 Å². The number of carbonyl (C=O) groups excluding carboxylic acids is 1. The minimum atomic E-state index is -0.936. The molecule has 1 aliphatic carbocycles. The fraction of sp³-hybridized carbons (Fsp3) is 0.261. The minimum absolute atomic E-state index is 0.0924. The number of nitrogens with zero attached hydrogens (tertiary/aromatic N) is 2. The van der Waals surface area contributed by atoms with Gasteiger partial charge in [-0.3, -0.25) is 4.79 Å². The number of hydrogen-bond donors (Lipinski definition) is 2. The average Bonchev–Trinajstić information content (AvgIpc) is 3.40. The summed E-state index contributed by atoms with van der Waals surface area (Å²) >= 11 is 0. The van der Waals surface area contributed by atoms with Crippen molar-refractivity contribution in [3.8, 4) is 6.07 Å². The largest absolute Gasteiger partial charge is 0.507 e. The number of ether oxygens (including phenoxy) is 1. The third kappa shape index (κ3) is 3.52. The summed E-state index contributed by atoms with van der Waals surface area (Å²) in [6, 6.07) is 15.1. The monoisotopic (exact) mass is 405 g/mol. The number of benzene rings is 2. The predicted octanol–water partition coefficient (Wildman–Crippen LogP) is 4.55. The maximum absolute atomic E-state index is 13.7. The molecule has 1 saturated carbocycles. The minimum Gasteiger partial charge on any atom is -0.507 e. The number of aliphatic hydroxyl groups is 1. The second-order valence-corrected chi connectivity index (χ2v) is 7.41. The number of allylic oxidation sites excluding steroid dienone is 1. The Balaban J connectivity index is 1.57. The quantitative estimate of drug-likeness (QED) is 0.369. The van der Waals surface area contributed by atoms with Crippen LogP contribution in [0.15, 0.2) is 54.3 Å². The lowest BCUT2D eigenvalue weighted by molar-refractivity contribution is -0.150. The highest BCUT2D eigenvalue weighted by Gasteiger charge is 2.44. The van der Waals surface area contributed by atoms with Crippen molar-refractivity contribution >= 4 is 22.6 Å². The normalized spacial score (nSPS) is 16.1. The van der Waals surface area contributed by atoms with E-state index in [-0.39, 0.29) is 11.4 Å². The van der Waals surface area contributed by atoms with Gasteiger partial charge in [-0.25, -0.2) is 9.37 Å². The highest BCUT2D eigenvalue weighted by molar-refractivity contribution is 5.85. The molecule has 0 unspecified atom stereocenters. The van der Waals surface area contributed by atoms with Crippen LogP contribution in [0, 0.1) is 17.1 Å². The van der Waals surface area contributed by atoms with Gasteiger partial charge in [0.2, 0.25) is 0 Å². The number of nitrogens with one attached hydrogen (secondary N) is 1. The smallest absolute Gasteiger partial charge is 0.317 e. The molecule has 0 bridgehead atoms. The van der Waals surface area contributed by atoms with E-state index in [9.17, 15) is 19.6 Å². The standard InChI is InChI=1S/C23H20FN3O3/c24-16-7-5-6-15(12-16)23(10-3-4-11-23)22(29)30-14-20(28)17(13-25)21-26-18-8-1-2-9-19(18)27-21/h1-2,5-9,12,28H,3-4,10-11,14H2,(H,26,27)/b20-17-. The van der Waals surface area contributed by atoms with Gasteiger partial charge in [0.1, 0.15) is 24.1 Å². The summed E-state index contributed by atoms with van der Waals surface area (Å²) in [6.07, 6.45) is 2.76. The van der Waals surface area contributed by atoms with Crippen LogP contribution in [0.25, 0.3) is 16.6 Å². The predicted molar refractivity (Wildman–Crippen MR) is 109 cm³/mol. The number of H-pyrrole nitrogens is 1. The van der Waals surface area contributed by atoms with E-state index < -0.39 is 29.6 Å². The number of hydrogen-bond acceptors (Lipinski definition) is 5. The molecule has 0 amide bonds. The van der Waals surface area contributed by atoms with Crippen LogP contribution >= 0.6 is 0 Å². The summed E-state index contributed by atoms with van der Waals surface area (Å²) in [5.41, 5.74) is 0.924. The summed E-state index contributed by atoms with van der Waals surface area (Å²) in [6.45, 7) is -0.462. The Morgan fingerprint density at radius 3 is 2.70 bits per heavy atom. The van der Waals surface area contributed by atoms with Gasteiger partial charge in [0, 0.05) is 0 Å². The molecule has 0 spiro atoms. The molecule has 0 radical (unpaired) electrons. The summed E-state index contributed by atoms with van der Waals surface area (Å²) in [4.78, 5) is 20.3. The number of fused-ring (bicyclic) bond motifs is 1. The second kappa shape index (κ2) is 7.99. The molecule has 0 atom stereocenters. The Bertz CT molecular complexity index is 1140. The number of para-hydroxylation sites is 2. The highest BCUT2D eigenvalue weighted by atomic mass is 19.1. The Kier molecular flexibility index (Phi) is 5.23. The Morgan fingerprint density at radius 1 is 1.23 bits per heavy atom. The zero-order valence-corrected chi connectivity index (χ0v) is 16.2. The fourth-order valence-corrected chi connectivity index (χ4v) is 4.04. The Morgan fingerprint density at radius 2 is 2.00 bits per heavy atom. The van der Waals surface area contributed by atoms with Crippen LogP contribution in [-0.4, -0.2) is 27.7 Å². The zero-order chi connectivity index (χ0) is 21.1. The molecule has 0 saturated heterocycles. The third-order valence-electron chi connectivity index (χ3n) is 5.59. The van der Waals surface area contributed by atoms with Gasteiger partial charge in [0.25, 0.3) is 0 Å². The molecule has 3 aromatic rings. The Hall–Kier alpha value is -3.66. The number of halogens is 1. The number of imidazole rings is 1. The van der Waals surface area contributed by atoms with Gasteiger partial charge in [-0.2, -0.15) is 5.26 Å². The van der Waals surface area contributed by atoms with Crippen molar-refractivity contribution in [2.24, 2.45) is 0 Å². The van der Waals surface area contributed by atoms with Crippen molar-refractivity contribution in [1.82, 2.24) is 9.97 Å². The van der Waals surface area contributed by atoms with Crippen molar-refractivity contribution in [3.05, 3.63) is 71.5 Å². The van der Waals surface area contributed by atoms with Crippen molar-refractivity contribution < 1.29 is 19.0 Å². The lowest BCUT2D eigenvalue weighted by Gasteiger charge is -2.27. The van der Waals surface area contributed by atoms with Crippen LogP contribution in [0.3, 0.4) is 0 Å². The number of carbonyl (C=O) groups is 1. The maximum atomic E-state index is 13.7. The molecule has 2 N–H and O–H groups in total. The molecule has 152 valence electrons. The number of aromatic nitrogens is 2. The van der Waals surface area contributed by atoms with E-state index in [1.54, 1.807) is 24.3 Å². The van der Waals surface area contributed by atoms with Crippen molar-refractivity contribution in [2.75, 3.05) is 6.61 Å². The van der Waals surface area contributed by atoms with Gasteiger partial charge in [-0.05, 0) is 42.7 Å². The van der Waals surface area contributed by atoms with Crippen LogP contribution in [0.1, 0.15) is 37.1 Å². The van der Waals surface area contributed by atoms with Gasteiger partial charge in [-0.1, -0.05) is 37.1 Å². The first-order chi connectivity index (χ1) is 14.5. The lowest BCUT2D eigenvalue weighted by atomic mass is 9.79. The topological polar surface area (TPSA) is 99.0 Å². The molecule has 7 heteroatoms. The van der Waals surface area contributed by atoms with Crippen molar-refractivity contribution in [3.63, 3.8) is 0 Å². The average molecular weight is 405 g/mol. The first kappa shape index (κ1) is 19.6. The van der Waals surface area contributed by atoms with Crippen LogP contribution in [0.2, 0.25) is 0 Å². The molecule has 0 aliphatic heterocycles. The number of rotatable bonds is 5. The summed E-state index contributed by atoms with van der Waals surface area (Å²) in [5.74, 6) is -1.13. The molecule has 1 heterocycles. The molecular weight excluding hydrogens is 385 g/mol. The number of esters is 1. The molecule has 6 nitrogen and oxygen atoms in total. The Labute approximate surface area is 172 Å². The molecule has 1 aromatic heterocycles. The van der Waals surface area contributed by atoms with E-state index >= 15 is 0 Å². The van der Waals surface area contributed by atoms with E-state index in [2.05, 4.69) is 9.97 Å². The van der Waals surface area contributed by atoms with Crippen LogP contribution in [0.5, 0.6) is 0 Å². The molecule has 4 rings (SSSR count). The lowest BCUT2D eigenvalue weighted by Crippen LogP contribution is -2.35. The fourth-order valence-electron chi connectivity index (χ4n) is 4.04. The van der Waals surface area contributed by atoms with E-state index in [1.165, 1.54) is 12.1 Å².